The number of amides is 2. The van der Waals surface area contributed by atoms with E-state index < -0.39 is 38.5 Å². The van der Waals surface area contributed by atoms with Gasteiger partial charge in [-0.25, -0.2) is 30.9 Å². The lowest BCUT2D eigenvalue weighted by molar-refractivity contribution is 0.221. The van der Waals surface area contributed by atoms with Crippen LogP contribution in [0.15, 0.2) is 58.6 Å². The average Bonchev–Trinajstić information content (AvgIpc) is 2.77. The smallest absolute Gasteiger partial charge is 0.265 e. The van der Waals surface area contributed by atoms with Crippen LogP contribution in [0, 0.1) is 27.4 Å². The molecule has 2 aromatic rings. The molecule has 0 bridgehead atoms. The van der Waals surface area contributed by atoms with Crippen LogP contribution in [0.2, 0.25) is 0 Å². The molecular formula is C22H20FN5O4S2. The molecule has 0 aliphatic carbocycles. The lowest BCUT2D eigenvalue weighted by Crippen LogP contribution is -2.51. The summed E-state index contributed by atoms with van der Waals surface area (Å²) in [5.74, 6) is 0. The summed E-state index contributed by atoms with van der Waals surface area (Å²) in [4.78, 5) is 14.4. The maximum atomic E-state index is 13.6. The first kappa shape index (κ1) is 24.9. The molecule has 3 rings (SSSR count). The van der Waals surface area contributed by atoms with Gasteiger partial charge < -0.3 is 0 Å². The Hall–Kier alpha value is -3.74. The molecule has 1 aliphatic heterocycles. The van der Waals surface area contributed by atoms with Gasteiger partial charge in [-0.15, -0.1) is 0 Å². The fourth-order valence-electron chi connectivity index (χ4n) is 3.80. The van der Waals surface area contributed by atoms with E-state index in [-0.39, 0.29) is 38.5 Å². The molecule has 0 fully saturated rings. The second kappa shape index (κ2) is 8.89. The Kier molecular flexibility index (Phi) is 6.51. The van der Waals surface area contributed by atoms with Crippen molar-refractivity contribution in [2.75, 3.05) is 17.4 Å². The van der Waals surface area contributed by atoms with Crippen molar-refractivity contribution in [2.24, 2.45) is 0 Å². The molecule has 12 heteroatoms. The summed E-state index contributed by atoms with van der Waals surface area (Å²) in [6.45, 7) is 0.629. The second-order valence-electron chi connectivity index (χ2n) is 7.70. The number of carbonyl (C=O) groups excluding carboxylic acids is 1. The van der Waals surface area contributed by atoms with Crippen LogP contribution >= 0.6 is 0 Å². The molecular weight excluding hydrogens is 481 g/mol. The van der Waals surface area contributed by atoms with Crippen LogP contribution in [0.1, 0.15) is 29.7 Å². The van der Waals surface area contributed by atoms with Crippen molar-refractivity contribution in [3.63, 3.8) is 0 Å². The van der Waals surface area contributed by atoms with Gasteiger partial charge in [-0.2, -0.15) is 10.5 Å². The highest BCUT2D eigenvalue weighted by molar-refractivity contribution is 7.91. The van der Waals surface area contributed by atoms with Crippen molar-refractivity contribution in [3.8, 4) is 12.1 Å². The number of hydrogen-bond donors (Lipinski definition) is 1. The van der Waals surface area contributed by atoms with Gasteiger partial charge >= 0.3 is 6.03 Å². The van der Waals surface area contributed by atoms with Gasteiger partial charge in [0.05, 0.1) is 49.8 Å². The topological polar surface area (TPSA) is 146 Å². The third kappa shape index (κ3) is 4.38. The monoisotopic (exact) mass is 501 g/mol. The fourth-order valence-corrected chi connectivity index (χ4v) is 5.74. The minimum absolute atomic E-state index is 0.0201. The largest absolute Gasteiger partial charge is 0.343 e. The number of sulfonamides is 1. The summed E-state index contributed by atoms with van der Waals surface area (Å²) < 4.78 is 60.3. The third-order valence-corrected chi connectivity index (χ3v) is 7.55. The molecule has 2 aromatic carbocycles. The van der Waals surface area contributed by atoms with Crippen molar-refractivity contribution in [1.82, 2.24) is 4.31 Å². The van der Waals surface area contributed by atoms with Crippen LogP contribution in [0.5, 0.6) is 0 Å². The van der Waals surface area contributed by atoms with Gasteiger partial charge in [-0.1, -0.05) is 18.2 Å². The highest BCUT2D eigenvalue weighted by Crippen LogP contribution is 2.42. The van der Waals surface area contributed by atoms with Crippen LogP contribution < -0.4 is 4.90 Å². The number of carbonyl (C=O) groups is 1. The molecule has 0 aromatic heterocycles. The molecule has 1 aliphatic rings. The van der Waals surface area contributed by atoms with Crippen LogP contribution in [-0.4, -0.2) is 35.5 Å². The van der Waals surface area contributed by atoms with E-state index in [1.165, 1.54) is 49.4 Å². The Bertz CT molecular complexity index is 1520. The van der Waals surface area contributed by atoms with Crippen LogP contribution in [0.3, 0.4) is 0 Å². The Morgan fingerprint density at radius 3 is 2.29 bits per heavy atom. The zero-order valence-corrected chi connectivity index (χ0v) is 20.1. The van der Waals surface area contributed by atoms with Gasteiger partial charge in [0.2, 0.25) is 10.0 Å². The molecule has 176 valence electrons. The highest BCUT2D eigenvalue weighted by atomic mass is 32.2. The summed E-state index contributed by atoms with van der Waals surface area (Å²) in [5.41, 5.74) is 0.420. The predicted octanol–water partition coefficient (Wildman–Crippen LogP) is 3.80. The molecule has 2 atom stereocenters. The Morgan fingerprint density at radius 1 is 1.09 bits per heavy atom. The van der Waals surface area contributed by atoms with Gasteiger partial charge in [0.1, 0.15) is 12.7 Å². The number of halogens is 1. The van der Waals surface area contributed by atoms with E-state index in [1.54, 1.807) is 0 Å². The lowest BCUT2D eigenvalue weighted by Gasteiger charge is -2.40. The maximum absolute atomic E-state index is 13.6. The second-order valence-corrected chi connectivity index (χ2v) is 11.7. The van der Waals surface area contributed by atoms with E-state index in [4.69, 9.17) is 4.78 Å². The number of alkyl halides is 1. The van der Waals surface area contributed by atoms with Gasteiger partial charge in [0.25, 0.3) is 0 Å². The van der Waals surface area contributed by atoms with Crippen LogP contribution in [0.25, 0.3) is 0 Å². The van der Waals surface area contributed by atoms with Crippen LogP contribution in [0.4, 0.5) is 14.9 Å². The molecule has 0 saturated heterocycles. The Labute approximate surface area is 197 Å². The van der Waals surface area contributed by atoms with Crippen molar-refractivity contribution in [3.05, 3.63) is 70.4 Å². The Balaban J connectivity index is 2.41. The summed E-state index contributed by atoms with van der Waals surface area (Å²) in [6.07, 6.45) is 1.89. The standard InChI is InChI=1S/C22H20FN5O4S2/c1-14-19(13-25)21(18-8-7-16(12-24)10-20(18)33(2,26)30)28(34(3,31)32)22(29)27(14)17-6-4-5-15(9-17)11-23/h4-10,21,26H,11H2,1-3H3/t21-,33+/m1/s1. The minimum atomic E-state index is -4.31. The SMILES string of the molecule is CC1=C(C#N)[C@@H](c2ccc(C#N)cc2[S@@](C)(=N)=O)N(S(C)(=O)=O)C(=O)N1c1cccc(CF)c1. The van der Waals surface area contributed by atoms with Gasteiger partial charge in [0.15, 0.2) is 0 Å². The summed E-state index contributed by atoms with van der Waals surface area (Å²) >= 11 is 0. The van der Waals surface area contributed by atoms with Crippen LogP contribution in [-0.2, 0) is 26.4 Å². The number of nitrogens with one attached hydrogen (secondary N) is 1. The molecule has 1 N–H and O–H groups in total. The number of nitrogens with zero attached hydrogens (tertiary/aromatic N) is 4. The number of anilines is 1. The van der Waals surface area contributed by atoms with Gasteiger partial charge in [0, 0.05) is 12.0 Å². The highest BCUT2D eigenvalue weighted by Gasteiger charge is 2.45. The maximum Gasteiger partial charge on any atom is 0.343 e. The molecule has 0 spiro atoms. The first-order chi connectivity index (χ1) is 15.8. The molecule has 2 amide bonds. The predicted molar refractivity (Wildman–Crippen MR) is 123 cm³/mol. The first-order valence-corrected chi connectivity index (χ1v) is 13.5. The quantitative estimate of drug-likeness (QED) is 0.659. The summed E-state index contributed by atoms with van der Waals surface area (Å²) in [6, 6.07) is 10.9. The van der Waals surface area contributed by atoms with Gasteiger partial charge in [-0.05, 0) is 42.3 Å². The number of urea groups is 1. The number of hydrogen-bond acceptors (Lipinski definition) is 7. The molecule has 9 nitrogen and oxygen atoms in total. The molecule has 1 heterocycles. The van der Waals surface area contributed by atoms with Crippen molar-refractivity contribution < 1.29 is 21.8 Å². The number of nitriles is 2. The zero-order chi connectivity index (χ0) is 25.4. The molecule has 0 unspecified atom stereocenters. The van der Waals surface area contributed by atoms with Crippen molar-refractivity contribution >= 4 is 31.5 Å². The summed E-state index contributed by atoms with van der Waals surface area (Å²) in [7, 11) is -7.81. The Morgan fingerprint density at radius 2 is 1.76 bits per heavy atom. The van der Waals surface area contributed by atoms with E-state index in [0.717, 1.165) is 17.4 Å². The lowest BCUT2D eigenvalue weighted by atomic mass is 9.94. The molecule has 0 saturated carbocycles. The van der Waals surface area contributed by atoms with Crippen molar-refractivity contribution in [1.29, 1.82) is 15.3 Å². The first-order valence-electron chi connectivity index (χ1n) is 9.72. The average molecular weight is 502 g/mol. The molecule has 34 heavy (non-hydrogen) atoms. The zero-order valence-electron chi connectivity index (χ0n) is 18.4. The van der Waals surface area contributed by atoms with E-state index in [0.29, 0.717) is 4.31 Å². The molecule has 0 radical (unpaired) electrons. The van der Waals surface area contributed by atoms with E-state index >= 15 is 0 Å². The minimum Gasteiger partial charge on any atom is -0.265 e. The van der Waals surface area contributed by atoms with E-state index in [1.807, 2.05) is 12.1 Å². The third-order valence-electron chi connectivity index (χ3n) is 5.27. The van der Waals surface area contributed by atoms with E-state index in [2.05, 4.69) is 0 Å². The fraction of sp³-hybridized carbons (Fsp3) is 0.227. The normalized spacial score (nSPS) is 18.3. The van der Waals surface area contributed by atoms with Crippen molar-refractivity contribution in [2.45, 2.75) is 24.5 Å². The number of allylic oxidation sites excluding steroid dienone is 1. The van der Waals surface area contributed by atoms with E-state index in [9.17, 15) is 32.3 Å². The number of benzene rings is 2. The van der Waals surface area contributed by atoms with Gasteiger partial charge in [-0.3, -0.25) is 4.90 Å². The summed E-state index contributed by atoms with van der Waals surface area (Å²) in [5, 5.41) is 19.3. The number of rotatable bonds is 5.